The van der Waals surface area contributed by atoms with Crippen LogP contribution in [0.2, 0.25) is 0 Å². The van der Waals surface area contributed by atoms with E-state index >= 15 is 0 Å². The molecule has 0 unspecified atom stereocenters. The summed E-state index contributed by atoms with van der Waals surface area (Å²) in [6, 6.07) is 0. The van der Waals surface area contributed by atoms with Crippen LogP contribution in [0.25, 0.3) is 11.2 Å². The molecule has 0 saturated carbocycles. The minimum absolute atomic E-state index is 0.570. The van der Waals surface area contributed by atoms with Gasteiger partial charge in [-0.2, -0.15) is 5.10 Å². The summed E-state index contributed by atoms with van der Waals surface area (Å²) in [7, 11) is 3.63. The van der Waals surface area contributed by atoms with Crippen molar-refractivity contribution in [1.29, 1.82) is 0 Å². The van der Waals surface area contributed by atoms with Crippen LogP contribution >= 0.6 is 11.6 Å². The standard InChI is InChI=1S/C14H23ClN4O2/c1-11-13-14(18(2)17-11)19(12(16-13)5-6-15)7-4-8-21-10-9-20-3/h4-10H2,1-3H3. The Balaban J connectivity index is 2.07. The molecule has 0 radical (unpaired) electrons. The largest absolute Gasteiger partial charge is 0.382 e. The van der Waals surface area contributed by atoms with Crippen LogP contribution < -0.4 is 0 Å². The van der Waals surface area contributed by atoms with Gasteiger partial charge in [-0.05, 0) is 13.3 Å². The number of ether oxygens (including phenoxy) is 2. The monoisotopic (exact) mass is 314 g/mol. The van der Waals surface area contributed by atoms with Crippen LogP contribution in [0.15, 0.2) is 0 Å². The highest BCUT2D eigenvalue weighted by Gasteiger charge is 2.16. The van der Waals surface area contributed by atoms with Gasteiger partial charge < -0.3 is 14.0 Å². The van der Waals surface area contributed by atoms with Gasteiger partial charge in [0.2, 0.25) is 0 Å². The number of halogens is 1. The maximum Gasteiger partial charge on any atom is 0.158 e. The van der Waals surface area contributed by atoms with Crippen molar-refractivity contribution in [2.24, 2.45) is 7.05 Å². The summed E-state index contributed by atoms with van der Waals surface area (Å²) in [6.07, 6.45) is 1.69. The fourth-order valence-corrected chi connectivity index (χ4v) is 2.63. The normalized spacial score (nSPS) is 11.6. The second-order valence-corrected chi connectivity index (χ2v) is 5.34. The smallest absolute Gasteiger partial charge is 0.158 e. The summed E-state index contributed by atoms with van der Waals surface area (Å²) in [5.41, 5.74) is 2.99. The molecular formula is C14H23ClN4O2. The van der Waals surface area contributed by atoms with Crippen molar-refractivity contribution in [2.75, 3.05) is 32.8 Å². The Hall–Kier alpha value is -1.11. The van der Waals surface area contributed by atoms with Gasteiger partial charge in [-0.25, -0.2) is 4.98 Å². The average molecular weight is 315 g/mol. The number of imidazole rings is 1. The third-order valence-corrected chi connectivity index (χ3v) is 3.58. The molecule has 0 atom stereocenters. The number of nitrogens with zero attached hydrogens (tertiary/aromatic N) is 4. The van der Waals surface area contributed by atoms with Crippen molar-refractivity contribution in [3.8, 4) is 0 Å². The zero-order chi connectivity index (χ0) is 15.2. The number of fused-ring (bicyclic) bond motifs is 1. The predicted octanol–water partition coefficient (Wildman–Crippen LogP) is 1.91. The summed E-state index contributed by atoms with van der Waals surface area (Å²) >= 11 is 5.89. The van der Waals surface area contributed by atoms with E-state index in [0.29, 0.717) is 25.7 Å². The number of aromatic nitrogens is 4. The van der Waals surface area contributed by atoms with Gasteiger partial charge in [-0.3, -0.25) is 4.68 Å². The minimum Gasteiger partial charge on any atom is -0.382 e. The lowest BCUT2D eigenvalue weighted by Gasteiger charge is -2.09. The van der Waals surface area contributed by atoms with E-state index in [-0.39, 0.29) is 0 Å². The summed E-state index contributed by atoms with van der Waals surface area (Å²) in [6.45, 7) is 4.82. The molecule has 21 heavy (non-hydrogen) atoms. The molecule has 0 amide bonds. The highest BCUT2D eigenvalue weighted by molar-refractivity contribution is 6.17. The second kappa shape index (κ2) is 7.77. The van der Waals surface area contributed by atoms with Crippen molar-refractivity contribution in [1.82, 2.24) is 19.3 Å². The average Bonchev–Trinajstić information content (AvgIpc) is 2.94. The van der Waals surface area contributed by atoms with Crippen LogP contribution in [0.3, 0.4) is 0 Å². The van der Waals surface area contributed by atoms with Crippen molar-refractivity contribution in [2.45, 2.75) is 26.3 Å². The molecular weight excluding hydrogens is 292 g/mol. The van der Waals surface area contributed by atoms with Crippen molar-refractivity contribution in [3.05, 3.63) is 11.5 Å². The minimum atomic E-state index is 0.570. The van der Waals surface area contributed by atoms with Crippen molar-refractivity contribution >= 4 is 22.8 Å². The quantitative estimate of drug-likeness (QED) is 0.524. The van der Waals surface area contributed by atoms with Gasteiger partial charge >= 0.3 is 0 Å². The number of hydrogen-bond donors (Lipinski definition) is 0. The Labute approximate surface area is 130 Å². The molecule has 0 aliphatic rings. The summed E-state index contributed by atoms with van der Waals surface area (Å²) < 4.78 is 14.6. The summed E-state index contributed by atoms with van der Waals surface area (Å²) in [5, 5.41) is 4.43. The van der Waals surface area contributed by atoms with Crippen LogP contribution in [-0.2, 0) is 29.5 Å². The molecule has 0 aliphatic heterocycles. The molecule has 7 heteroatoms. The molecule has 0 bridgehead atoms. The molecule has 118 valence electrons. The molecule has 0 fully saturated rings. The van der Waals surface area contributed by atoms with Crippen molar-refractivity contribution in [3.63, 3.8) is 0 Å². The lowest BCUT2D eigenvalue weighted by molar-refractivity contribution is 0.0680. The zero-order valence-electron chi connectivity index (χ0n) is 12.9. The SMILES string of the molecule is COCCOCCCn1c(CCCl)nc2c(C)nn(C)c21. The number of alkyl halides is 1. The molecule has 0 N–H and O–H groups in total. The summed E-state index contributed by atoms with van der Waals surface area (Å²) in [5.74, 6) is 1.59. The van der Waals surface area contributed by atoms with Gasteiger partial charge in [-0.1, -0.05) is 0 Å². The van der Waals surface area contributed by atoms with Crippen LogP contribution in [0.1, 0.15) is 17.9 Å². The van der Waals surface area contributed by atoms with E-state index in [0.717, 1.165) is 42.1 Å². The molecule has 2 heterocycles. The Morgan fingerprint density at radius 3 is 2.76 bits per heavy atom. The van der Waals surface area contributed by atoms with Gasteiger partial charge in [-0.15, -0.1) is 11.6 Å². The number of methoxy groups -OCH3 is 1. The van der Waals surface area contributed by atoms with E-state index in [1.807, 2.05) is 18.7 Å². The lowest BCUT2D eigenvalue weighted by atomic mass is 10.4. The van der Waals surface area contributed by atoms with E-state index in [1.54, 1.807) is 7.11 Å². The second-order valence-electron chi connectivity index (χ2n) is 4.96. The lowest BCUT2D eigenvalue weighted by Crippen LogP contribution is -2.11. The molecule has 0 saturated heterocycles. The van der Waals surface area contributed by atoms with Crippen LogP contribution in [-0.4, -0.2) is 52.1 Å². The van der Waals surface area contributed by atoms with Crippen LogP contribution in [0.5, 0.6) is 0 Å². The topological polar surface area (TPSA) is 54.1 Å². The summed E-state index contributed by atoms with van der Waals surface area (Å²) in [4.78, 5) is 4.69. The molecule has 0 aliphatic carbocycles. The zero-order valence-corrected chi connectivity index (χ0v) is 13.7. The fraction of sp³-hybridized carbons (Fsp3) is 0.714. The van der Waals surface area contributed by atoms with E-state index in [2.05, 4.69) is 14.6 Å². The first-order valence-corrected chi connectivity index (χ1v) is 7.73. The fourth-order valence-electron chi connectivity index (χ4n) is 2.46. The van der Waals surface area contributed by atoms with E-state index in [4.69, 9.17) is 21.1 Å². The van der Waals surface area contributed by atoms with Gasteiger partial charge in [0.05, 0.1) is 18.9 Å². The molecule has 0 spiro atoms. The first-order valence-electron chi connectivity index (χ1n) is 7.20. The highest BCUT2D eigenvalue weighted by Crippen LogP contribution is 2.20. The molecule has 2 aromatic heterocycles. The van der Waals surface area contributed by atoms with Gasteiger partial charge in [0.15, 0.2) is 5.65 Å². The maximum atomic E-state index is 5.89. The Morgan fingerprint density at radius 2 is 2.05 bits per heavy atom. The van der Waals surface area contributed by atoms with E-state index in [1.165, 1.54) is 0 Å². The van der Waals surface area contributed by atoms with Gasteiger partial charge in [0, 0.05) is 39.6 Å². The van der Waals surface area contributed by atoms with E-state index in [9.17, 15) is 0 Å². The maximum absolute atomic E-state index is 5.89. The van der Waals surface area contributed by atoms with Crippen molar-refractivity contribution < 1.29 is 9.47 Å². The third kappa shape index (κ3) is 3.75. The third-order valence-electron chi connectivity index (χ3n) is 3.39. The molecule has 2 rings (SSSR count). The Bertz CT molecular complexity index is 579. The Morgan fingerprint density at radius 1 is 1.24 bits per heavy atom. The molecule has 0 aromatic carbocycles. The van der Waals surface area contributed by atoms with Gasteiger partial charge in [0.25, 0.3) is 0 Å². The first-order chi connectivity index (χ1) is 10.2. The molecule has 6 nitrogen and oxygen atoms in total. The van der Waals surface area contributed by atoms with Gasteiger partial charge in [0.1, 0.15) is 11.3 Å². The number of rotatable bonds is 9. The van der Waals surface area contributed by atoms with E-state index < -0.39 is 0 Å². The predicted molar refractivity (Wildman–Crippen MR) is 83.0 cm³/mol. The number of aryl methyl sites for hydroxylation is 4. The Kier molecular flexibility index (Phi) is 6.02. The first kappa shape index (κ1) is 16.3. The molecule has 2 aromatic rings. The highest BCUT2D eigenvalue weighted by atomic mass is 35.5. The number of hydrogen-bond acceptors (Lipinski definition) is 4. The van der Waals surface area contributed by atoms with Crippen LogP contribution in [0, 0.1) is 6.92 Å². The van der Waals surface area contributed by atoms with Crippen LogP contribution in [0.4, 0.5) is 0 Å².